The molecular formula is C33H39N2O3+. The second-order valence-corrected chi connectivity index (χ2v) is 12.6. The minimum Gasteiger partial charge on any atom is -0.380 e. The SMILES string of the molecule is COCc1ccc2c(c1)C(C)(C)C1=C3C=C4C5=[N+](CCC4OC3CCN12)c1ccc(COC)cc1C5(C)C. The van der Waals surface area contributed by atoms with Gasteiger partial charge in [-0.25, -0.2) is 0 Å². The number of hydrogen-bond donors (Lipinski definition) is 0. The van der Waals surface area contributed by atoms with Crippen LogP contribution >= 0.6 is 0 Å². The van der Waals surface area contributed by atoms with Gasteiger partial charge in [0.25, 0.3) is 0 Å². The highest BCUT2D eigenvalue weighted by Gasteiger charge is 2.54. The Labute approximate surface area is 226 Å². The Morgan fingerprint density at radius 1 is 0.895 bits per heavy atom. The molecule has 5 aliphatic rings. The van der Waals surface area contributed by atoms with E-state index >= 15 is 0 Å². The molecule has 0 saturated heterocycles. The van der Waals surface area contributed by atoms with Crippen molar-refractivity contribution in [1.29, 1.82) is 0 Å². The topological polar surface area (TPSA) is 33.9 Å². The highest BCUT2D eigenvalue weighted by atomic mass is 16.5. The molecule has 2 aromatic carbocycles. The molecule has 2 unspecified atom stereocenters. The van der Waals surface area contributed by atoms with Crippen LogP contribution in [0.4, 0.5) is 11.4 Å². The van der Waals surface area contributed by atoms with Crippen LogP contribution in [0.25, 0.3) is 0 Å². The third-order valence-electron chi connectivity index (χ3n) is 9.51. The van der Waals surface area contributed by atoms with Crippen LogP contribution in [0.1, 0.15) is 62.8 Å². The lowest BCUT2D eigenvalue weighted by Gasteiger charge is -2.42. The van der Waals surface area contributed by atoms with Gasteiger partial charge in [-0.15, -0.1) is 0 Å². The summed E-state index contributed by atoms with van der Waals surface area (Å²) in [6.45, 7) is 12.8. The predicted octanol–water partition coefficient (Wildman–Crippen LogP) is 5.91. The summed E-state index contributed by atoms with van der Waals surface area (Å²) in [6, 6.07) is 13.7. The number of ether oxygens (including phenoxy) is 3. The van der Waals surface area contributed by atoms with Crippen LogP contribution < -0.4 is 4.90 Å². The quantitative estimate of drug-likeness (QED) is 0.478. The zero-order chi connectivity index (χ0) is 26.4. The lowest BCUT2D eigenvalue weighted by Crippen LogP contribution is -2.47. The summed E-state index contributed by atoms with van der Waals surface area (Å²) in [5.74, 6) is 0. The van der Waals surface area contributed by atoms with Crippen molar-refractivity contribution in [1.82, 2.24) is 0 Å². The van der Waals surface area contributed by atoms with E-state index in [1.165, 1.54) is 56.2 Å². The van der Waals surface area contributed by atoms with E-state index in [0.717, 1.165) is 25.9 Å². The molecule has 38 heavy (non-hydrogen) atoms. The van der Waals surface area contributed by atoms with E-state index < -0.39 is 0 Å². The molecular weight excluding hydrogens is 472 g/mol. The Kier molecular flexibility index (Phi) is 5.36. The van der Waals surface area contributed by atoms with E-state index in [4.69, 9.17) is 14.2 Å². The van der Waals surface area contributed by atoms with E-state index in [9.17, 15) is 0 Å². The molecule has 0 aliphatic carbocycles. The molecule has 0 amide bonds. The van der Waals surface area contributed by atoms with Gasteiger partial charge in [0.1, 0.15) is 0 Å². The fourth-order valence-electron chi connectivity index (χ4n) is 7.90. The maximum atomic E-state index is 6.98. The predicted molar refractivity (Wildman–Crippen MR) is 151 cm³/mol. The van der Waals surface area contributed by atoms with Crippen LogP contribution in [-0.4, -0.2) is 49.8 Å². The van der Waals surface area contributed by atoms with Gasteiger partial charge in [-0.1, -0.05) is 32.0 Å². The second-order valence-electron chi connectivity index (χ2n) is 12.6. The molecule has 5 heteroatoms. The lowest BCUT2D eigenvalue weighted by molar-refractivity contribution is -0.445. The minimum absolute atomic E-state index is 0.0947. The highest BCUT2D eigenvalue weighted by Crippen LogP contribution is 2.54. The number of anilines is 1. The van der Waals surface area contributed by atoms with Crippen LogP contribution in [0.3, 0.4) is 0 Å². The lowest BCUT2D eigenvalue weighted by atomic mass is 9.73. The molecule has 0 radical (unpaired) electrons. The van der Waals surface area contributed by atoms with E-state index in [2.05, 4.69) is 79.6 Å². The number of allylic oxidation sites excluding steroid dienone is 1. The summed E-state index contributed by atoms with van der Waals surface area (Å²) in [5.41, 5.74) is 13.3. The molecule has 2 aromatic rings. The van der Waals surface area contributed by atoms with Gasteiger partial charge in [-0.3, -0.25) is 0 Å². The van der Waals surface area contributed by atoms with Crippen molar-refractivity contribution in [3.05, 3.63) is 81.6 Å². The van der Waals surface area contributed by atoms with Crippen molar-refractivity contribution in [3.63, 3.8) is 0 Å². The van der Waals surface area contributed by atoms with Gasteiger partial charge in [-0.05, 0) is 55.2 Å². The van der Waals surface area contributed by atoms with E-state index in [1.807, 2.05) is 0 Å². The van der Waals surface area contributed by atoms with Crippen LogP contribution in [-0.2, 0) is 38.3 Å². The van der Waals surface area contributed by atoms with E-state index in [1.54, 1.807) is 14.2 Å². The number of fused-ring (bicyclic) bond motifs is 8. The first-order chi connectivity index (χ1) is 18.3. The summed E-state index contributed by atoms with van der Waals surface area (Å²) in [5, 5.41) is 0. The third kappa shape index (κ3) is 3.25. The van der Waals surface area contributed by atoms with Crippen molar-refractivity contribution >= 4 is 17.1 Å². The first kappa shape index (κ1) is 24.3. The third-order valence-corrected chi connectivity index (χ3v) is 9.51. The van der Waals surface area contributed by atoms with E-state index in [-0.39, 0.29) is 23.0 Å². The molecule has 0 spiro atoms. The largest absolute Gasteiger partial charge is 0.380 e. The smallest absolute Gasteiger partial charge is 0.209 e. The van der Waals surface area contributed by atoms with Crippen LogP contribution in [0, 0.1) is 0 Å². The van der Waals surface area contributed by atoms with Gasteiger partial charge < -0.3 is 19.1 Å². The summed E-state index contributed by atoms with van der Waals surface area (Å²) in [4.78, 5) is 2.56. The maximum absolute atomic E-state index is 6.98. The van der Waals surface area contributed by atoms with E-state index in [0.29, 0.717) is 13.2 Å². The van der Waals surface area contributed by atoms with Crippen molar-refractivity contribution in [2.75, 3.05) is 32.2 Å². The number of benzene rings is 2. The Bertz CT molecular complexity index is 1440. The summed E-state index contributed by atoms with van der Waals surface area (Å²) in [6.07, 6.45) is 4.91. The molecule has 7 rings (SSSR count). The number of hydrogen-bond acceptors (Lipinski definition) is 4. The number of rotatable bonds is 4. The molecule has 0 N–H and O–H groups in total. The summed E-state index contributed by atoms with van der Waals surface area (Å²) >= 11 is 0. The molecule has 0 aromatic heterocycles. The van der Waals surface area contributed by atoms with Gasteiger partial charge in [0, 0.05) is 66.8 Å². The standard InChI is InChI=1S/C33H39N2O3/c1-32(2)24-15-20(18-36-5)7-9-26(24)34-13-11-28-22(30(32)34)17-23-29(38-28)12-14-35-27-10-8-21(19-37-6)16-25(27)33(3,4)31(23)35/h7-10,15-17,28-29H,11-14,18-19H2,1-6H3/q+1. The minimum atomic E-state index is -0.0947. The molecule has 5 nitrogen and oxygen atoms in total. The summed E-state index contributed by atoms with van der Waals surface area (Å²) < 4.78 is 20.5. The molecule has 0 saturated carbocycles. The Morgan fingerprint density at radius 3 is 2.34 bits per heavy atom. The monoisotopic (exact) mass is 511 g/mol. The van der Waals surface area contributed by atoms with Gasteiger partial charge >= 0.3 is 0 Å². The number of methoxy groups -OCH3 is 2. The normalized spacial score (nSPS) is 25.8. The van der Waals surface area contributed by atoms with Gasteiger partial charge in [0.05, 0.1) is 30.8 Å². The maximum Gasteiger partial charge on any atom is 0.209 e. The molecule has 0 fully saturated rings. The molecule has 5 aliphatic heterocycles. The fourth-order valence-corrected chi connectivity index (χ4v) is 7.90. The van der Waals surface area contributed by atoms with Gasteiger partial charge in [-0.2, -0.15) is 4.58 Å². The van der Waals surface area contributed by atoms with Crippen LogP contribution in [0.5, 0.6) is 0 Å². The van der Waals surface area contributed by atoms with Crippen LogP contribution in [0.15, 0.2) is 59.3 Å². The average molecular weight is 512 g/mol. The van der Waals surface area contributed by atoms with Crippen LogP contribution in [0.2, 0.25) is 0 Å². The first-order valence-electron chi connectivity index (χ1n) is 14.0. The highest BCUT2D eigenvalue weighted by molar-refractivity contribution is 6.08. The number of nitrogens with zero attached hydrogens (tertiary/aromatic N) is 2. The van der Waals surface area contributed by atoms with Crippen molar-refractivity contribution in [2.45, 2.75) is 76.8 Å². The summed E-state index contributed by atoms with van der Waals surface area (Å²) in [7, 11) is 3.54. The zero-order valence-electron chi connectivity index (χ0n) is 23.6. The zero-order valence-corrected chi connectivity index (χ0v) is 23.6. The van der Waals surface area contributed by atoms with Gasteiger partial charge in [0.2, 0.25) is 5.69 Å². The molecule has 5 heterocycles. The van der Waals surface area contributed by atoms with Crippen molar-refractivity contribution in [2.24, 2.45) is 0 Å². The van der Waals surface area contributed by atoms with Crippen molar-refractivity contribution < 1.29 is 18.8 Å². The van der Waals surface area contributed by atoms with Gasteiger partial charge in [0.15, 0.2) is 12.3 Å². The Balaban J connectivity index is 1.37. The van der Waals surface area contributed by atoms with Crippen molar-refractivity contribution in [3.8, 4) is 0 Å². The first-order valence-corrected chi connectivity index (χ1v) is 14.0. The Morgan fingerprint density at radius 2 is 1.61 bits per heavy atom. The second kappa shape index (κ2) is 8.38. The molecule has 0 bridgehead atoms. The average Bonchev–Trinajstić information content (AvgIpc) is 3.27. The molecule has 198 valence electrons. The Hall–Kier alpha value is -2.73. The fraction of sp³-hybridized carbons (Fsp3) is 0.485. The molecule has 2 atom stereocenters.